The molecule has 0 radical (unpaired) electrons. The van der Waals surface area contributed by atoms with Crippen molar-refractivity contribution < 1.29 is 8.42 Å². The summed E-state index contributed by atoms with van der Waals surface area (Å²) in [7, 11) is -3.44. The molecule has 2 unspecified atom stereocenters. The Balaban J connectivity index is 2.37. The van der Waals surface area contributed by atoms with E-state index in [-0.39, 0.29) is 6.04 Å². The first-order valence-electron chi connectivity index (χ1n) is 2.79. The van der Waals surface area contributed by atoms with E-state index in [4.69, 9.17) is 5.14 Å². The summed E-state index contributed by atoms with van der Waals surface area (Å²) < 4.78 is 22.9. The molecule has 0 aromatic carbocycles. The minimum absolute atomic E-state index is 0.0972. The summed E-state index contributed by atoms with van der Waals surface area (Å²) in [5, 5.41) is 4.70. The van der Waals surface area contributed by atoms with E-state index in [0.29, 0.717) is 5.92 Å². The van der Waals surface area contributed by atoms with E-state index in [2.05, 4.69) is 4.72 Å². The second-order valence-electron chi connectivity index (χ2n) is 2.48. The Labute approximate surface area is 54.6 Å². The van der Waals surface area contributed by atoms with Gasteiger partial charge in [-0.3, -0.25) is 0 Å². The first-order valence-corrected chi connectivity index (χ1v) is 4.34. The molecule has 54 valence electrons. The maximum absolute atomic E-state index is 10.3. The average Bonchev–Trinajstić information content (AvgIpc) is 2.13. The molecule has 1 rings (SSSR count). The number of rotatable bonds is 2. The molecule has 1 aliphatic rings. The van der Waals surface area contributed by atoms with E-state index in [1.54, 1.807) is 0 Å². The fraction of sp³-hybridized carbons (Fsp3) is 1.00. The van der Waals surface area contributed by atoms with Gasteiger partial charge in [-0.2, -0.15) is 13.1 Å². The Morgan fingerprint density at radius 1 is 1.67 bits per heavy atom. The van der Waals surface area contributed by atoms with Crippen molar-refractivity contribution >= 4 is 10.2 Å². The molecular formula is C4H10N2O2S. The van der Waals surface area contributed by atoms with E-state index in [0.717, 1.165) is 6.42 Å². The monoisotopic (exact) mass is 150 g/mol. The molecular weight excluding hydrogens is 140 g/mol. The molecule has 0 amide bonds. The van der Waals surface area contributed by atoms with Crippen LogP contribution in [0.5, 0.6) is 0 Å². The zero-order chi connectivity index (χ0) is 7.07. The van der Waals surface area contributed by atoms with Crippen LogP contribution in [-0.4, -0.2) is 14.5 Å². The van der Waals surface area contributed by atoms with Gasteiger partial charge in [-0.25, -0.2) is 5.14 Å². The third kappa shape index (κ3) is 2.30. The van der Waals surface area contributed by atoms with Gasteiger partial charge in [0.25, 0.3) is 10.2 Å². The zero-order valence-corrected chi connectivity index (χ0v) is 5.98. The number of nitrogens with two attached hydrogens (primary N) is 1. The first kappa shape index (κ1) is 6.98. The summed E-state index contributed by atoms with van der Waals surface area (Å²) in [6.45, 7) is 1.98. The number of nitrogens with one attached hydrogen (secondary N) is 1. The third-order valence-corrected chi connectivity index (χ3v) is 2.06. The molecule has 0 saturated heterocycles. The molecule has 0 spiro atoms. The molecule has 0 aliphatic heterocycles. The minimum atomic E-state index is -3.44. The van der Waals surface area contributed by atoms with Crippen molar-refractivity contribution in [3.05, 3.63) is 0 Å². The molecule has 4 nitrogen and oxygen atoms in total. The number of hydrogen-bond acceptors (Lipinski definition) is 2. The van der Waals surface area contributed by atoms with Crippen LogP contribution in [0.3, 0.4) is 0 Å². The highest BCUT2D eigenvalue weighted by Crippen LogP contribution is 2.29. The second-order valence-corrected chi connectivity index (χ2v) is 3.81. The van der Waals surface area contributed by atoms with Crippen LogP contribution in [0.1, 0.15) is 13.3 Å². The standard InChI is InChI=1S/C4H10N2O2S/c1-3-2-4(3)6-9(5,7)8/h3-4,6H,2H2,1H3,(H2,5,7,8). The molecule has 9 heavy (non-hydrogen) atoms. The quantitative estimate of drug-likeness (QED) is 0.540. The molecule has 3 N–H and O–H groups in total. The Morgan fingerprint density at radius 2 is 2.11 bits per heavy atom. The SMILES string of the molecule is CC1CC1NS(N)(=O)=O. The lowest BCUT2D eigenvalue weighted by Gasteiger charge is -1.95. The lowest BCUT2D eigenvalue weighted by molar-refractivity contribution is 0.580. The van der Waals surface area contributed by atoms with Gasteiger partial charge in [-0.05, 0) is 12.3 Å². The van der Waals surface area contributed by atoms with Gasteiger partial charge in [0.2, 0.25) is 0 Å². The molecule has 1 saturated carbocycles. The van der Waals surface area contributed by atoms with E-state index < -0.39 is 10.2 Å². The lowest BCUT2D eigenvalue weighted by Crippen LogP contribution is -2.33. The van der Waals surface area contributed by atoms with Crippen LogP contribution in [-0.2, 0) is 10.2 Å². The molecule has 1 aliphatic carbocycles. The van der Waals surface area contributed by atoms with E-state index >= 15 is 0 Å². The Kier molecular flexibility index (Phi) is 1.50. The summed E-state index contributed by atoms with van der Waals surface area (Å²) >= 11 is 0. The maximum Gasteiger partial charge on any atom is 0.274 e. The Hall–Kier alpha value is -0.130. The molecule has 1 fully saturated rings. The van der Waals surface area contributed by atoms with Gasteiger partial charge >= 0.3 is 0 Å². The second kappa shape index (κ2) is 1.93. The van der Waals surface area contributed by atoms with E-state index in [1.807, 2.05) is 6.92 Å². The van der Waals surface area contributed by atoms with Crippen molar-refractivity contribution in [1.29, 1.82) is 0 Å². The van der Waals surface area contributed by atoms with Crippen LogP contribution >= 0.6 is 0 Å². The molecule has 5 heteroatoms. The van der Waals surface area contributed by atoms with Crippen molar-refractivity contribution in [2.24, 2.45) is 11.1 Å². The zero-order valence-electron chi connectivity index (χ0n) is 5.16. The smallest absolute Gasteiger partial charge is 0.216 e. The van der Waals surface area contributed by atoms with Crippen molar-refractivity contribution in [2.75, 3.05) is 0 Å². The maximum atomic E-state index is 10.3. The fourth-order valence-corrected chi connectivity index (χ4v) is 1.45. The van der Waals surface area contributed by atoms with Crippen LogP contribution in [0.15, 0.2) is 0 Å². The molecule has 0 bridgehead atoms. The summed E-state index contributed by atoms with van der Waals surface area (Å²) in [5.74, 6) is 0.461. The van der Waals surface area contributed by atoms with Crippen LogP contribution < -0.4 is 9.86 Å². The first-order chi connectivity index (χ1) is 3.99. The van der Waals surface area contributed by atoms with Crippen LogP contribution in [0, 0.1) is 5.92 Å². The van der Waals surface area contributed by atoms with Gasteiger partial charge in [0.15, 0.2) is 0 Å². The van der Waals surface area contributed by atoms with E-state index in [1.165, 1.54) is 0 Å². The fourth-order valence-electron chi connectivity index (χ4n) is 0.697. The van der Waals surface area contributed by atoms with Crippen LogP contribution in [0.4, 0.5) is 0 Å². The Bertz CT molecular complexity index is 199. The van der Waals surface area contributed by atoms with Gasteiger partial charge < -0.3 is 0 Å². The molecule has 2 atom stereocenters. The summed E-state index contributed by atoms with van der Waals surface area (Å²) in [4.78, 5) is 0. The Morgan fingerprint density at radius 3 is 2.22 bits per heavy atom. The minimum Gasteiger partial charge on any atom is -0.216 e. The van der Waals surface area contributed by atoms with Crippen LogP contribution in [0.2, 0.25) is 0 Å². The third-order valence-electron chi connectivity index (χ3n) is 1.43. The molecule has 0 heterocycles. The van der Waals surface area contributed by atoms with Crippen molar-refractivity contribution in [2.45, 2.75) is 19.4 Å². The highest BCUT2D eigenvalue weighted by atomic mass is 32.2. The van der Waals surface area contributed by atoms with Crippen molar-refractivity contribution in [3.63, 3.8) is 0 Å². The highest BCUT2D eigenvalue weighted by Gasteiger charge is 2.34. The number of hydrogen-bond donors (Lipinski definition) is 2. The van der Waals surface area contributed by atoms with Gasteiger partial charge in [0.1, 0.15) is 0 Å². The van der Waals surface area contributed by atoms with Gasteiger partial charge in [0, 0.05) is 6.04 Å². The van der Waals surface area contributed by atoms with Crippen molar-refractivity contribution in [3.8, 4) is 0 Å². The largest absolute Gasteiger partial charge is 0.274 e. The van der Waals surface area contributed by atoms with Gasteiger partial charge in [-0.15, -0.1) is 0 Å². The summed E-state index contributed by atoms with van der Waals surface area (Å²) in [6, 6.07) is 0.0972. The molecule has 0 aromatic rings. The predicted octanol–water partition coefficient (Wildman–Crippen LogP) is -0.812. The molecule has 0 aromatic heterocycles. The summed E-state index contributed by atoms with van der Waals surface area (Å²) in [5.41, 5.74) is 0. The van der Waals surface area contributed by atoms with Gasteiger partial charge in [-0.1, -0.05) is 6.92 Å². The van der Waals surface area contributed by atoms with E-state index in [9.17, 15) is 8.42 Å². The average molecular weight is 150 g/mol. The summed E-state index contributed by atoms with van der Waals surface area (Å²) in [6.07, 6.45) is 0.913. The highest BCUT2D eigenvalue weighted by molar-refractivity contribution is 7.87. The predicted molar refractivity (Wildman–Crippen MR) is 33.8 cm³/mol. The van der Waals surface area contributed by atoms with Crippen molar-refractivity contribution in [1.82, 2.24) is 4.72 Å². The topological polar surface area (TPSA) is 72.2 Å². The lowest BCUT2D eigenvalue weighted by atomic mass is 10.5. The van der Waals surface area contributed by atoms with Gasteiger partial charge in [0.05, 0.1) is 0 Å². The van der Waals surface area contributed by atoms with Crippen LogP contribution in [0.25, 0.3) is 0 Å². The normalized spacial score (nSPS) is 34.4.